The number of hydrogen-bond acceptors (Lipinski definition) is 2. The molecule has 2 N–H and O–H groups in total. The van der Waals surface area contributed by atoms with Crippen molar-refractivity contribution in [3.8, 4) is 0 Å². The van der Waals surface area contributed by atoms with Gasteiger partial charge in [0.1, 0.15) is 5.84 Å². The second kappa shape index (κ2) is 6.46. The van der Waals surface area contributed by atoms with Crippen LogP contribution in [0.4, 0.5) is 0 Å². The van der Waals surface area contributed by atoms with Crippen molar-refractivity contribution in [2.75, 3.05) is 0 Å². The van der Waals surface area contributed by atoms with Crippen LogP contribution in [-0.4, -0.2) is 22.6 Å². The molecule has 3 rings (SSSR count). The minimum Gasteiger partial charge on any atom is -0.312 e. The number of hydrogen-bond donors (Lipinski definition) is 2. The molecule has 0 radical (unpaired) electrons. The van der Waals surface area contributed by atoms with Crippen LogP contribution in [-0.2, 0) is 0 Å². The van der Waals surface area contributed by atoms with Gasteiger partial charge in [0.2, 0.25) is 0 Å². The van der Waals surface area contributed by atoms with Crippen LogP contribution in [0.15, 0.2) is 30.3 Å². The number of nitrogens with zero attached hydrogens (tertiary/aromatic N) is 1. The summed E-state index contributed by atoms with van der Waals surface area (Å²) in [6.07, 6.45) is 5.15. The molecule has 0 spiro atoms. The van der Waals surface area contributed by atoms with Crippen molar-refractivity contribution in [2.45, 2.75) is 52.5 Å². The molecule has 2 aliphatic carbocycles. The van der Waals surface area contributed by atoms with E-state index in [0.29, 0.717) is 29.5 Å². The second-order valence-electron chi connectivity index (χ2n) is 7.81. The molecule has 0 saturated heterocycles. The van der Waals surface area contributed by atoms with Crippen LogP contribution in [0, 0.1) is 34.5 Å². The lowest BCUT2D eigenvalue weighted by molar-refractivity contribution is 0.0495. The van der Waals surface area contributed by atoms with Gasteiger partial charge in [0.25, 0.3) is 0 Å². The first kappa shape index (κ1) is 16.2. The summed E-state index contributed by atoms with van der Waals surface area (Å²) < 4.78 is 0. The van der Waals surface area contributed by atoms with E-state index >= 15 is 0 Å². The van der Waals surface area contributed by atoms with Crippen LogP contribution in [0.1, 0.15) is 52.0 Å². The Hall–Kier alpha value is -1.64. The van der Waals surface area contributed by atoms with Gasteiger partial charge in [0, 0.05) is 11.6 Å². The third-order valence-electron chi connectivity index (χ3n) is 5.80. The first-order valence-corrected chi connectivity index (χ1v) is 8.95. The largest absolute Gasteiger partial charge is 0.312 e. The predicted octanol–water partition coefficient (Wildman–Crippen LogP) is 4.77. The zero-order valence-electron chi connectivity index (χ0n) is 14.5. The average molecular weight is 311 g/mol. The summed E-state index contributed by atoms with van der Waals surface area (Å²) in [5.74, 6) is 3.81. The first-order chi connectivity index (χ1) is 11.0. The Morgan fingerprint density at radius 3 is 2.35 bits per heavy atom. The Labute approximate surface area is 140 Å². The highest BCUT2D eigenvalue weighted by Gasteiger charge is 2.43. The van der Waals surface area contributed by atoms with E-state index < -0.39 is 0 Å². The molecule has 2 saturated carbocycles. The van der Waals surface area contributed by atoms with E-state index in [1.807, 2.05) is 42.2 Å². The smallest absolute Gasteiger partial charge is 0.133 e. The fraction of sp³-hybridized carbons (Fsp3) is 0.600. The molecule has 1 unspecified atom stereocenters. The normalized spacial score (nSPS) is 33.1. The summed E-state index contributed by atoms with van der Waals surface area (Å²) >= 11 is 0. The highest BCUT2D eigenvalue weighted by Crippen LogP contribution is 2.46. The van der Waals surface area contributed by atoms with E-state index in [9.17, 15) is 0 Å². The lowest BCUT2D eigenvalue weighted by Gasteiger charge is -2.50. The molecule has 2 fully saturated rings. The maximum Gasteiger partial charge on any atom is 0.133 e. The zero-order chi connectivity index (χ0) is 16.6. The molecule has 1 aromatic carbocycles. The summed E-state index contributed by atoms with van der Waals surface area (Å²) in [6.45, 7) is 6.53. The quantitative estimate of drug-likeness (QED) is 0.600. The Bertz CT molecular complexity index is 576. The summed E-state index contributed by atoms with van der Waals surface area (Å²) in [7, 11) is 0. The van der Waals surface area contributed by atoms with Gasteiger partial charge < -0.3 is 4.90 Å². The molecular weight excluding hydrogens is 282 g/mol. The Morgan fingerprint density at radius 1 is 1.00 bits per heavy atom. The number of benzene rings is 1. The number of amidine groups is 2. The molecule has 124 valence electrons. The summed E-state index contributed by atoms with van der Waals surface area (Å²) in [4.78, 5) is 2.01. The molecule has 2 aliphatic rings. The van der Waals surface area contributed by atoms with Gasteiger partial charge in [0.15, 0.2) is 0 Å². The maximum absolute atomic E-state index is 8.71. The molecule has 1 aromatic rings. The zero-order valence-corrected chi connectivity index (χ0v) is 14.5. The van der Waals surface area contributed by atoms with E-state index in [1.54, 1.807) is 0 Å². The third kappa shape index (κ3) is 3.19. The standard InChI is InChI=1S/C20H29N3/c1-13-9-16-11-14(2)19(18(10-13)12-16)23(15(3)21)20(22)17-7-5-4-6-8-17/h4-8,13-14,16,18-19,21-22H,9-12H2,1-3H3/t13-,14+,16-,18+,19?/m0/s1. The van der Waals surface area contributed by atoms with Crippen molar-refractivity contribution in [1.82, 2.24) is 4.90 Å². The summed E-state index contributed by atoms with van der Waals surface area (Å²) in [6, 6.07) is 10.2. The number of nitrogens with one attached hydrogen (secondary N) is 2. The monoisotopic (exact) mass is 311 g/mol. The first-order valence-electron chi connectivity index (χ1n) is 8.95. The Kier molecular flexibility index (Phi) is 4.56. The Morgan fingerprint density at radius 2 is 1.70 bits per heavy atom. The van der Waals surface area contributed by atoms with Gasteiger partial charge in [-0.05, 0) is 56.3 Å². The van der Waals surface area contributed by atoms with E-state index in [0.717, 1.165) is 17.4 Å². The maximum atomic E-state index is 8.71. The van der Waals surface area contributed by atoms with Crippen molar-refractivity contribution in [2.24, 2.45) is 23.7 Å². The summed E-state index contributed by atoms with van der Waals surface area (Å²) in [5, 5.41) is 17.0. The van der Waals surface area contributed by atoms with Gasteiger partial charge in [-0.25, -0.2) is 0 Å². The van der Waals surface area contributed by atoms with Gasteiger partial charge >= 0.3 is 0 Å². The summed E-state index contributed by atoms with van der Waals surface area (Å²) in [5.41, 5.74) is 0.914. The lowest BCUT2D eigenvalue weighted by Crippen LogP contribution is -2.54. The van der Waals surface area contributed by atoms with Crippen LogP contribution < -0.4 is 0 Å². The second-order valence-corrected chi connectivity index (χ2v) is 7.81. The van der Waals surface area contributed by atoms with Gasteiger partial charge in [0.05, 0.1) is 5.84 Å². The van der Waals surface area contributed by atoms with Crippen LogP contribution in [0.2, 0.25) is 0 Å². The van der Waals surface area contributed by atoms with E-state index in [2.05, 4.69) is 13.8 Å². The van der Waals surface area contributed by atoms with Crippen molar-refractivity contribution >= 4 is 11.7 Å². The molecular formula is C20H29N3. The molecule has 3 heteroatoms. The van der Waals surface area contributed by atoms with Gasteiger partial charge in [-0.15, -0.1) is 0 Å². The molecule has 2 bridgehead atoms. The minimum atomic E-state index is 0.305. The van der Waals surface area contributed by atoms with Crippen LogP contribution >= 0.6 is 0 Å². The Balaban J connectivity index is 1.91. The van der Waals surface area contributed by atoms with E-state index in [1.165, 1.54) is 25.7 Å². The number of rotatable bonds is 2. The van der Waals surface area contributed by atoms with Gasteiger partial charge in [-0.1, -0.05) is 44.2 Å². The minimum absolute atomic E-state index is 0.305. The topological polar surface area (TPSA) is 50.9 Å². The lowest BCUT2D eigenvalue weighted by atomic mass is 9.62. The fourth-order valence-electron chi connectivity index (χ4n) is 5.14. The van der Waals surface area contributed by atoms with E-state index in [4.69, 9.17) is 10.8 Å². The van der Waals surface area contributed by atoms with E-state index in [-0.39, 0.29) is 0 Å². The molecule has 0 amide bonds. The van der Waals surface area contributed by atoms with Crippen molar-refractivity contribution < 1.29 is 0 Å². The molecule has 5 atom stereocenters. The van der Waals surface area contributed by atoms with Crippen LogP contribution in [0.3, 0.4) is 0 Å². The van der Waals surface area contributed by atoms with Crippen molar-refractivity contribution in [3.05, 3.63) is 35.9 Å². The highest BCUT2D eigenvalue weighted by molar-refractivity contribution is 6.06. The van der Waals surface area contributed by atoms with Crippen LogP contribution in [0.25, 0.3) is 0 Å². The molecule has 23 heavy (non-hydrogen) atoms. The van der Waals surface area contributed by atoms with Crippen molar-refractivity contribution in [1.29, 1.82) is 10.8 Å². The number of fused-ring (bicyclic) bond motifs is 2. The molecule has 0 heterocycles. The van der Waals surface area contributed by atoms with Crippen molar-refractivity contribution in [3.63, 3.8) is 0 Å². The average Bonchev–Trinajstić information content (AvgIpc) is 2.50. The van der Waals surface area contributed by atoms with Gasteiger partial charge in [-0.2, -0.15) is 0 Å². The van der Waals surface area contributed by atoms with Crippen LogP contribution in [0.5, 0.6) is 0 Å². The third-order valence-corrected chi connectivity index (χ3v) is 5.80. The molecule has 3 nitrogen and oxygen atoms in total. The fourth-order valence-corrected chi connectivity index (χ4v) is 5.14. The highest BCUT2D eigenvalue weighted by atomic mass is 15.2. The molecule has 0 aromatic heterocycles. The molecule has 0 aliphatic heterocycles. The SMILES string of the molecule is CC(=N)N(C(=N)c1ccccc1)C1[C@@H]2C[C@@H](C)C[C@H](C2)C[C@H]1C. The predicted molar refractivity (Wildman–Crippen MR) is 96.1 cm³/mol. The van der Waals surface area contributed by atoms with Gasteiger partial charge in [-0.3, -0.25) is 10.8 Å².